The molecule has 1 rings (SSSR count). The van der Waals surface area contributed by atoms with Crippen LogP contribution >= 0.6 is 10.7 Å². The Morgan fingerprint density at radius 3 is 2.29 bits per heavy atom. The predicted octanol–water partition coefficient (Wildman–Crippen LogP) is 2.24. The lowest BCUT2D eigenvalue weighted by Gasteiger charge is -2.10. The molecule has 5 heteroatoms. The molecule has 0 spiro atoms. The van der Waals surface area contributed by atoms with Crippen LogP contribution in [0.15, 0.2) is 17.0 Å². The Labute approximate surface area is 88.1 Å². The van der Waals surface area contributed by atoms with Crippen LogP contribution in [0.4, 0.5) is 0 Å². The minimum Gasteiger partial charge on any atom is -0.496 e. The number of halogens is 1. The monoisotopic (exact) mass is 234 g/mol. The molecule has 0 aliphatic carbocycles. The molecular weight excluding hydrogens is 224 g/mol. The molecule has 0 heterocycles. The summed E-state index contributed by atoms with van der Waals surface area (Å²) in [4.78, 5) is 0.0987. The van der Waals surface area contributed by atoms with E-state index >= 15 is 0 Å². The molecule has 0 aliphatic heterocycles. The van der Waals surface area contributed by atoms with Crippen LogP contribution in [-0.2, 0) is 9.05 Å². The van der Waals surface area contributed by atoms with Crippen molar-refractivity contribution in [3.63, 3.8) is 0 Å². The third-order valence-corrected chi connectivity index (χ3v) is 3.49. The van der Waals surface area contributed by atoms with E-state index in [0.717, 1.165) is 5.56 Å². The SMILES string of the molecule is COc1c(C)ccc(S(=O)(=O)Cl)c1C. The summed E-state index contributed by atoms with van der Waals surface area (Å²) in [5.74, 6) is 0.562. The summed E-state index contributed by atoms with van der Waals surface area (Å²) in [6.07, 6.45) is 0. The second kappa shape index (κ2) is 3.79. The molecule has 0 radical (unpaired) electrons. The Kier molecular flexibility index (Phi) is 3.07. The van der Waals surface area contributed by atoms with Gasteiger partial charge in [-0.05, 0) is 25.5 Å². The van der Waals surface area contributed by atoms with Crippen LogP contribution in [0.1, 0.15) is 11.1 Å². The minimum absolute atomic E-state index is 0.0987. The Morgan fingerprint density at radius 1 is 1.29 bits per heavy atom. The number of hydrogen-bond acceptors (Lipinski definition) is 3. The zero-order valence-electron chi connectivity index (χ0n) is 8.17. The summed E-state index contributed by atoms with van der Waals surface area (Å²) in [6, 6.07) is 3.15. The van der Waals surface area contributed by atoms with E-state index < -0.39 is 9.05 Å². The fourth-order valence-corrected chi connectivity index (χ4v) is 2.58. The molecule has 0 amide bonds. The minimum atomic E-state index is -3.69. The highest BCUT2D eigenvalue weighted by Crippen LogP contribution is 2.30. The zero-order chi connectivity index (χ0) is 10.9. The Bertz CT molecular complexity index is 451. The number of rotatable bonds is 2. The zero-order valence-corrected chi connectivity index (χ0v) is 9.74. The van der Waals surface area contributed by atoms with E-state index in [1.165, 1.54) is 13.2 Å². The molecule has 78 valence electrons. The van der Waals surface area contributed by atoms with Gasteiger partial charge in [-0.2, -0.15) is 0 Å². The average molecular weight is 235 g/mol. The normalized spacial score (nSPS) is 11.4. The van der Waals surface area contributed by atoms with Gasteiger partial charge >= 0.3 is 0 Å². The Hall–Kier alpha value is -0.740. The number of aryl methyl sites for hydroxylation is 1. The quantitative estimate of drug-likeness (QED) is 0.738. The van der Waals surface area contributed by atoms with Crippen LogP contribution < -0.4 is 4.74 Å². The van der Waals surface area contributed by atoms with Crippen LogP contribution in [-0.4, -0.2) is 15.5 Å². The molecule has 0 aromatic heterocycles. The van der Waals surface area contributed by atoms with Gasteiger partial charge in [0.25, 0.3) is 9.05 Å². The summed E-state index contributed by atoms with van der Waals surface area (Å²) in [5, 5.41) is 0. The summed E-state index contributed by atoms with van der Waals surface area (Å²) in [7, 11) is 3.07. The van der Waals surface area contributed by atoms with Gasteiger partial charge in [0.05, 0.1) is 12.0 Å². The third-order valence-electron chi connectivity index (χ3n) is 2.02. The summed E-state index contributed by atoms with van der Waals surface area (Å²) in [5.41, 5.74) is 1.43. The van der Waals surface area contributed by atoms with E-state index in [0.29, 0.717) is 11.3 Å². The van der Waals surface area contributed by atoms with E-state index in [1.54, 1.807) is 13.0 Å². The lowest BCUT2D eigenvalue weighted by Crippen LogP contribution is -1.99. The van der Waals surface area contributed by atoms with Gasteiger partial charge in [-0.25, -0.2) is 8.42 Å². The molecule has 0 atom stereocenters. The molecule has 0 saturated heterocycles. The highest BCUT2D eigenvalue weighted by Gasteiger charge is 2.17. The molecule has 0 bridgehead atoms. The number of hydrogen-bond donors (Lipinski definition) is 0. The van der Waals surface area contributed by atoms with E-state index in [-0.39, 0.29) is 4.90 Å². The maximum Gasteiger partial charge on any atom is 0.261 e. The summed E-state index contributed by atoms with van der Waals surface area (Å²) < 4.78 is 27.4. The van der Waals surface area contributed by atoms with Crippen molar-refractivity contribution in [2.24, 2.45) is 0 Å². The van der Waals surface area contributed by atoms with Crippen LogP contribution in [0.3, 0.4) is 0 Å². The topological polar surface area (TPSA) is 43.4 Å². The average Bonchev–Trinajstić information content (AvgIpc) is 2.02. The van der Waals surface area contributed by atoms with E-state index in [4.69, 9.17) is 15.4 Å². The summed E-state index contributed by atoms with van der Waals surface area (Å²) >= 11 is 0. The molecular formula is C9H11ClO3S. The number of methoxy groups -OCH3 is 1. The number of ether oxygens (including phenoxy) is 1. The first-order chi connectivity index (χ1) is 6.38. The second-order valence-electron chi connectivity index (χ2n) is 2.98. The third kappa shape index (κ3) is 2.01. The molecule has 0 saturated carbocycles. The lowest BCUT2D eigenvalue weighted by molar-refractivity contribution is 0.407. The van der Waals surface area contributed by atoms with Crippen LogP contribution in [0.25, 0.3) is 0 Å². The lowest BCUT2D eigenvalue weighted by atomic mass is 10.1. The molecule has 0 N–H and O–H groups in total. The van der Waals surface area contributed by atoms with Crippen molar-refractivity contribution in [3.8, 4) is 5.75 Å². The summed E-state index contributed by atoms with van der Waals surface area (Å²) in [6.45, 7) is 3.51. The molecule has 14 heavy (non-hydrogen) atoms. The van der Waals surface area contributed by atoms with E-state index in [1.807, 2.05) is 6.92 Å². The van der Waals surface area contributed by atoms with Gasteiger partial charge in [-0.3, -0.25) is 0 Å². The van der Waals surface area contributed by atoms with Crippen molar-refractivity contribution >= 4 is 19.7 Å². The number of benzene rings is 1. The standard InChI is InChI=1S/C9H11ClO3S/c1-6-4-5-8(14(10,11)12)7(2)9(6)13-3/h4-5H,1-3H3. The van der Waals surface area contributed by atoms with Gasteiger partial charge < -0.3 is 4.74 Å². The van der Waals surface area contributed by atoms with Crippen LogP contribution in [0, 0.1) is 13.8 Å². The predicted molar refractivity (Wildman–Crippen MR) is 55.5 cm³/mol. The van der Waals surface area contributed by atoms with Crippen molar-refractivity contribution < 1.29 is 13.2 Å². The maximum absolute atomic E-state index is 11.1. The first-order valence-corrected chi connectivity index (χ1v) is 6.27. The van der Waals surface area contributed by atoms with Crippen molar-refractivity contribution in [1.29, 1.82) is 0 Å². The van der Waals surface area contributed by atoms with E-state index in [9.17, 15) is 8.42 Å². The van der Waals surface area contributed by atoms with Crippen molar-refractivity contribution in [2.45, 2.75) is 18.7 Å². The first kappa shape index (κ1) is 11.3. The Balaban J connectivity index is 3.52. The van der Waals surface area contributed by atoms with Gasteiger partial charge in [0.15, 0.2) is 0 Å². The highest BCUT2D eigenvalue weighted by atomic mass is 35.7. The van der Waals surface area contributed by atoms with Gasteiger partial charge in [0.2, 0.25) is 0 Å². The first-order valence-electron chi connectivity index (χ1n) is 3.96. The Morgan fingerprint density at radius 2 is 1.86 bits per heavy atom. The highest BCUT2D eigenvalue weighted by molar-refractivity contribution is 8.13. The van der Waals surface area contributed by atoms with Crippen molar-refractivity contribution in [1.82, 2.24) is 0 Å². The van der Waals surface area contributed by atoms with Gasteiger partial charge in [0, 0.05) is 16.2 Å². The van der Waals surface area contributed by atoms with Crippen molar-refractivity contribution in [2.75, 3.05) is 7.11 Å². The smallest absolute Gasteiger partial charge is 0.261 e. The van der Waals surface area contributed by atoms with Gasteiger partial charge in [-0.1, -0.05) is 6.07 Å². The molecule has 0 aliphatic rings. The van der Waals surface area contributed by atoms with Gasteiger partial charge in [-0.15, -0.1) is 0 Å². The fraction of sp³-hybridized carbons (Fsp3) is 0.333. The van der Waals surface area contributed by atoms with Crippen LogP contribution in [0.2, 0.25) is 0 Å². The maximum atomic E-state index is 11.1. The van der Waals surface area contributed by atoms with Gasteiger partial charge in [0.1, 0.15) is 5.75 Å². The fourth-order valence-electron chi connectivity index (χ4n) is 1.39. The van der Waals surface area contributed by atoms with Crippen LogP contribution in [0.5, 0.6) is 5.75 Å². The molecule has 1 aromatic carbocycles. The molecule has 0 unspecified atom stereocenters. The largest absolute Gasteiger partial charge is 0.496 e. The second-order valence-corrected chi connectivity index (χ2v) is 5.51. The molecule has 0 fully saturated rings. The molecule has 1 aromatic rings. The van der Waals surface area contributed by atoms with E-state index in [2.05, 4.69) is 0 Å². The van der Waals surface area contributed by atoms with Crippen molar-refractivity contribution in [3.05, 3.63) is 23.3 Å². The molecule has 3 nitrogen and oxygen atoms in total.